The van der Waals surface area contributed by atoms with Crippen molar-refractivity contribution < 1.29 is 4.57 Å². The van der Waals surface area contributed by atoms with Crippen LogP contribution in [-0.2, 0) is 13.1 Å². The van der Waals surface area contributed by atoms with Gasteiger partial charge < -0.3 is 0 Å². The zero-order valence-corrected chi connectivity index (χ0v) is 11.4. The first-order valence-corrected chi connectivity index (χ1v) is 6.79. The van der Waals surface area contributed by atoms with Gasteiger partial charge >= 0.3 is 0 Å². The molecule has 0 atom stereocenters. The van der Waals surface area contributed by atoms with Gasteiger partial charge in [0.05, 0.1) is 19.0 Å². The van der Waals surface area contributed by atoms with E-state index in [1.54, 1.807) is 0 Å². The standard InChI is InChI=1S/C14H27N2/c1-5-7-9-15-11-12-16(10-8-6-2)14(15)13(3)4/h11-13H,5-10H2,1-4H3/q+1. The Hall–Kier alpha value is -0.790. The monoisotopic (exact) mass is 223 g/mol. The number of hydrogen-bond donors (Lipinski definition) is 0. The molecular formula is C14H27N2+. The molecule has 0 N–H and O–H groups in total. The average molecular weight is 223 g/mol. The fourth-order valence-corrected chi connectivity index (χ4v) is 2.18. The van der Waals surface area contributed by atoms with Gasteiger partial charge in [0.25, 0.3) is 5.82 Å². The summed E-state index contributed by atoms with van der Waals surface area (Å²) in [6, 6.07) is 0. The molecule has 0 saturated heterocycles. The van der Waals surface area contributed by atoms with Crippen molar-refractivity contribution in [3.63, 3.8) is 0 Å². The maximum Gasteiger partial charge on any atom is 0.258 e. The Bertz CT molecular complexity index is 274. The lowest BCUT2D eigenvalue weighted by atomic mass is 10.2. The lowest BCUT2D eigenvalue weighted by Crippen LogP contribution is -2.38. The van der Waals surface area contributed by atoms with Gasteiger partial charge in [-0.15, -0.1) is 0 Å². The maximum atomic E-state index is 2.43. The molecule has 0 spiro atoms. The smallest absolute Gasteiger partial charge is 0.234 e. The number of nitrogens with zero attached hydrogens (tertiary/aromatic N) is 2. The Morgan fingerprint density at radius 3 is 2.44 bits per heavy atom. The van der Waals surface area contributed by atoms with E-state index in [4.69, 9.17) is 0 Å². The molecule has 0 radical (unpaired) electrons. The molecule has 0 aliphatic heterocycles. The SMILES string of the molecule is CCCCn1cc[n+](CCCC)c1C(C)C. The van der Waals surface area contributed by atoms with Crippen LogP contribution < -0.4 is 4.57 Å². The largest absolute Gasteiger partial charge is 0.258 e. The molecule has 0 aliphatic carbocycles. The molecule has 1 rings (SSSR count). The fraction of sp³-hybridized carbons (Fsp3) is 0.786. The third-order valence-electron chi connectivity index (χ3n) is 3.04. The van der Waals surface area contributed by atoms with Crippen molar-refractivity contribution in [3.8, 4) is 0 Å². The van der Waals surface area contributed by atoms with Gasteiger partial charge in [0.1, 0.15) is 12.4 Å². The molecule has 1 aromatic heterocycles. The summed E-state index contributed by atoms with van der Waals surface area (Å²) in [5.41, 5.74) is 0. The second-order valence-electron chi connectivity index (χ2n) is 4.90. The molecule has 1 heterocycles. The first-order chi connectivity index (χ1) is 7.70. The highest BCUT2D eigenvalue weighted by atomic mass is 15.1. The number of unbranched alkanes of at least 4 members (excludes halogenated alkanes) is 2. The molecule has 0 amide bonds. The van der Waals surface area contributed by atoms with Crippen molar-refractivity contribution in [2.24, 2.45) is 0 Å². The van der Waals surface area contributed by atoms with E-state index in [0.29, 0.717) is 5.92 Å². The Morgan fingerprint density at radius 2 is 1.88 bits per heavy atom. The summed E-state index contributed by atoms with van der Waals surface area (Å²) in [7, 11) is 0. The Morgan fingerprint density at radius 1 is 1.19 bits per heavy atom. The highest BCUT2D eigenvalue weighted by molar-refractivity contribution is 4.89. The van der Waals surface area contributed by atoms with Gasteiger partial charge in [0.2, 0.25) is 0 Å². The highest BCUT2D eigenvalue weighted by Crippen LogP contribution is 2.11. The van der Waals surface area contributed by atoms with E-state index in [2.05, 4.69) is 49.2 Å². The van der Waals surface area contributed by atoms with E-state index in [1.165, 1.54) is 44.6 Å². The van der Waals surface area contributed by atoms with Crippen LogP contribution in [0.25, 0.3) is 0 Å². The van der Waals surface area contributed by atoms with Crippen molar-refractivity contribution >= 4 is 0 Å². The van der Waals surface area contributed by atoms with Crippen LogP contribution in [0.1, 0.15) is 65.1 Å². The molecule has 0 saturated carbocycles. The molecule has 0 aliphatic rings. The first kappa shape index (κ1) is 13.3. The van der Waals surface area contributed by atoms with Gasteiger partial charge in [-0.1, -0.05) is 40.5 Å². The third kappa shape index (κ3) is 3.36. The molecule has 2 nitrogen and oxygen atoms in total. The van der Waals surface area contributed by atoms with E-state index >= 15 is 0 Å². The molecule has 0 bridgehead atoms. The maximum absolute atomic E-state index is 2.43. The van der Waals surface area contributed by atoms with Gasteiger partial charge in [-0.3, -0.25) is 0 Å². The van der Waals surface area contributed by atoms with Crippen molar-refractivity contribution in [1.82, 2.24) is 4.57 Å². The summed E-state index contributed by atoms with van der Waals surface area (Å²) in [6.45, 7) is 11.4. The van der Waals surface area contributed by atoms with Crippen LogP contribution in [0.4, 0.5) is 0 Å². The summed E-state index contributed by atoms with van der Waals surface area (Å²) in [5.74, 6) is 2.10. The molecule has 92 valence electrons. The third-order valence-corrected chi connectivity index (χ3v) is 3.04. The van der Waals surface area contributed by atoms with Crippen LogP contribution in [0, 0.1) is 0 Å². The predicted molar refractivity (Wildman–Crippen MR) is 68.5 cm³/mol. The predicted octanol–water partition coefficient (Wildman–Crippen LogP) is 3.50. The van der Waals surface area contributed by atoms with Gasteiger partial charge in [-0.05, 0) is 12.8 Å². The van der Waals surface area contributed by atoms with Crippen LogP contribution in [0.2, 0.25) is 0 Å². The molecule has 0 aromatic carbocycles. The van der Waals surface area contributed by atoms with Crippen LogP contribution in [0.15, 0.2) is 12.4 Å². The Balaban J connectivity index is 2.79. The molecule has 0 fully saturated rings. The molecule has 2 heteroatoms. The molecule has 0 unspecified atom stereocenters. The minimum absolute atomic E-state index is 0.615. The van der Waals surface area contributed by atoms with E-state index in [0.717, 1.165) is 0 Å². The number of hydrogen-bond acceptors (Lipinski definition) is 0. The molecule has 16 heavy (non-hydrogen) atoms. The number of rotatable bonds is 7. The van der Waals surface area contributed by atoms with Crippen LogP contribution >= 0.6 is 0 Å². The molecule has 1 aromatic rings. The lowest BCUT2D eigenvalue weighted by Gasteiger charge is -2.07. The minimum Gasteiger partial charge on any atom is -0.234 e. The first-order valence-electron chi connectivity index (χ1n) is 6.79. The highest BCUT2D eigenvalue weighted by Gasteiger charge is 2.19. The zero-order valence-electron chi connectivity index (χ0n) is 11.4. The van der Waals surface area contributed by atoms with Crippen LogP contribution in [-0.4, -0.2) is 4.57 Å². The number of aryl methyl sites for hydroxylation is 2. The van der Waals surface area contributed by atoms with Crippen molar-refractivity contribution in [1.29, 1.82) is 0 Å². The molecular weight excluding hydrogens is 196 g/mol. The zero-order chi connectivity index (χ0) is 12.0. The van der Waals surface area contributed by atoms with Crippen molar-refractivity contribution in [2.75, 3.05) is 0 Å². The van der Waals surface area contributed by atoms with Crippen LogP contribution in [0.3, 0.4) is 0 Å². The van der Waals surface area contributed by atoms with Crippen molar-refractivity contribution in [3.05, 3.63) is 18.2 Å². The second kappa shape index (κ2) is 6.72. The number of imidazole rings is 1. The van der Waals surface area contributed by atoms with Gasteiger partial charge in [-0.2, -0.15) is 0 Å². The Labute approximate surface area is 100 Å². The van der Waals surface area contributed by atoms with E-state index in [-0.39, 0.29) is 0 Å². The fourth-order valence-electron chi connectivity index (χ4n) is 2.18. The Kier molecular flexibility index (Phi) is 5.58. The summed E-state index contributed by atoms with van der Waals surface area (Å²) >= 11 is 0. The normalized spacial score (nSPS) is 11.3. The summed E-state index contributed by atoms with van der Waals surface area (Å²) < 4.78 is 4.87. The topological polar surface area (TPSA) is 8.81 Å². The van der Waals surface area contributed by atoms with Crippen LogP contribution in [0.5, 0.6) is 0 Å². The minimum atomic E-state index is 0.615. The average Bonchev–Trinajstić information content (AvgIpc) is 2.66. The lowest BCUT2D eigenvalue weighted by molar-refractivity contribution is -0.705. The number of aromatic nitrogens is 2. The van der Waals surface area contributed by atoms with Gasteiger partial charge in [0.15, 0.2) is 0 Å². The summed E-state index contributed by atoms with van der Waals surface area (Å²) in [4.78, 5) is 0. The van der Waals surface area contributed by atoms with E-state index in [1.807, 2.05) is 0 Å². The van der Waals surface area contributed by atoms with E-state index < -0.39 is 0 Å². The van der Waals surface area contributed by atoms with Crippen molar-refractivity contribution in [2.45, 2.75) is 72.4 Å². The summed E-state index contributed by atoms with van der Waals surface area (Å²) in [6.07, 6.45) is 9.60. The summed E-state index contributed by atoms with van der Waals surface area (Å²) in [5, 5.41) is 0. The van der Waals surface area contributed by atoms with Gasteiger partial charge in [-0.25, -0.2) is 9.13 Å². The van der Waals surface area contributed by atoms with E-state index in [9.17, 15) is 0 Å². The van der Waals surface area contributed by atoms with Gasteiger partial charge in [0, 0.05) is 0 Å². The quantitative estimate of drug-likeness (QED) is 0.626. The second-order valence-corrected chi connectivity index (χ2v) is 4.90.